The van der Waals surface area contributed by atoms with Gasteiger partial charge in [0.25, 0.3) is 0 Å². The standard InChI is InChI=1S/C16H25NO/c1-12-6-3-4-9-16(12)13(2)17-10-14-7-5-8-15(14)11-18/h3-4,6,9,13-15,17-18H,5,7-8,10-11H2,1-2H3. The molecule has 1 aromatic rings. The molecule has 2 rings (SSSR count). The van der Waals surface area contributed by atoms with E-state index in [4.69, 9.17) is 0 Å². The molecule has 2 N–H and O–H groups in total. The number of hydrogen-bond acceptors (Lipinski definition) is 2. The third kappa shape index (κ3) is 3.12. The van der Waals surface area contributed by atoms with E-state index in [1.54, 1.807) is 0 Å². The van der Waals surface area contributed by atoms with Crippen LogP contribution in [0.25, 0.3) is 0 Å². The number of nitrogens with one attached hydrogen (secondary N) is 1. The fourth-order valence-electron chi connectivity index (χ4n) is 3.13. The van der Waals surface area contributed by atoms with Crippen molar-refractivity contribution in [3.05, 3.63) is 35.4 Å². The summed E-state index contributed by atoms with van der Waals surface area (Å²) in [7, 11) is 0. The second kappa shape index (κ2) is 6.35. The second-order valence-electron chi connectivity index (χ2n) is 5.62. The molecule has 2 nitrogen and oxygen atoms in total. The van der Waals surface area contributed by atoms with Gasteiger partial charge in [-0.25, -0.2) is 0 Å². The summed E-state index contributed by atoms with van der Waals surface area (Å²) in [6, 6.07) is 8.95. The van der Waals surface area contributed by atoms with Crippen LogP contribution in [-0.4, -0.2) is 18.3 Å². The van der Waals surface area contributed by atoms with Crippen molar-refractivity contribution >= 4 is 0 Å². The Labute approximate surface area is 110 Å². The van der Waals surface area contributed by atoms with Crippen molar-refractivity contribution in [1.82, 2.24) is 5.32 Å². The first-order chi connectivity index (χ1) is 8.72. The number of aryl methyl sites for hydroxylation is 1. The lowest BCUT2D eigenvalue weighted by molar-refractivity contribution is 0.190. The predicted molar refractivity (Wildman–Crippen MR) is 75.5 cm³/mol. The minimum absolute atomic E-state index is 0.352. The van der Waals surface area contributed by atoms with E-state index in [0.29, 0.717) is 24.5 Å². The maximum absolute atomic E-state index is 9.34. The van der Waals surface area contributed by atoms with Gasteiger partial charge in [-0.05, 0) is 56.2 Å². The van der Waals surface area contributed by atoms with Crippen molar-refractivity contribution in [2.75, 3.05) is 13.2 Å². The third-order valence-electron chi connectivity index (χ3n) is 4.39. The Bertz CT molecular complexity index is 377. The summed E-state index contributed by atoms with van der Waals surface area (Å²) in [5.74, 6) is 1.17. The first-order valence-electron chi connectivity index (χ1n) is 7.12. The SMILES string of the molecule is Cc1ccccc1C(C)NCC1CCCC1CO. The van der Waals surface area contributed by atoms with Gasteiger partial charge in [0.05, 0.1) is 0 Å². The van der Waals surface area contributed by atoms with Gasteiger partial charge in [-0.1, -0.05) is 30.7 Å². The van der Waals surface area contributed by atoms with Crippen LogP contribution in [-0.2, 0) is 0 Å². The zero-order valence-corrected chi connectivity index (χ0v) is 11.5. The lowest BCUT2D eigenvalue weighted by Gasteiger charge is -2.22. The summed E-state index contributed by atoms with van der Waals surface area (Å²) in [5, 5.41) is 13.0. The van der Waals surface area contributed by atoms with Gasteiger partial charge in [0, 0.05) is 12.6 Å². The second-order valence-corrected chi connectivity index (χ2v) is 5.62. The van der Waals surface area contributed by atoms with Gasteiger partial charge in [0.2, 0.25) is 0 Å². The molecule has 0 aromatic heterocycles. The Morgan fingerprint density at radius 1 is 1.28 bits per heavy atom. The van der Waals surface area contributed by atoms with Gasteiger partial charge >= 0.3 is 0 Å². The van der Waals surface area contributed by atoms with E-state index < -0.39 is 0 Å². The Hall–Kier alpha value is -0.860. The Morgan fingerprint density at radius 2 is 2.00 bits per heavy atom. The molecule has 0 amide bonds. The average molecular weight is 247 g/mol. The zero-order chi connectivity index (χ0) is 13.0. The molecule has 2 heteroatoms. The highest BCUT2D eigenvalue weighted by molar-refractivity contribution is 5.28. The van der Waals surface area contributed by atoms with E-state index >= 15 is 0 Å². The monoisotopic (exact) mass is 247 g/mol. The Balaban J connectivity index is 1.88. The first kappa shape index (κ1) is 13.6. The predicted octanol–water partition coefficient (Wildman–Crippen LogP) is 3.05. The van der Waals surface area contributed by atoms with E-state index in [9.17, 15) is 5.11 Å². The van der Waals surface area contributed by atoms with Gasteiger partial charge < -0.3 is 10.4 Å². The van der Waals surface area contributed by atoms with Crippen molar-refractivity contribution in [2.24, 2.45) is 11.8 Å². The summed E-state index contributed by atoms with van der Waals surface area (Å²) < 4.78 is 0. The van der Waals surface area contributed by atoms with E-state index in [0.717, 1.165) is 6.54 Å². The van der Waals surface area contributed by atoms with E-state index in [2.05, 4.69) is 43.4 Å². The molecular formula is C16H25NO. The van der Waals surface area contributed by atoms with E-state index in [-0.39, 0.29) is 0 Å². The maximum atomic E-state index is 9.34. The maximum Gasteiger partial charge on any atom is 0.0462 e. The summed E-state index contributed by atoms with van der Waals surface area (Å²) in [5.41, 5.74) is 2.73. The highest BCUT2D eigenvalue weighted by atomic mass is 16.3. The number of aliphatic hydroxyl groups is 1. The van der Waals surface area contributed by atoms with Gasteiger partial charge in [0.15, 0.2) is 0 Å². The van der Waals surface area contributed by atoms with Crippen molar-refractivity contribution in [2.45, 2.75) is 39.2 Å². The topological polar surface area (TPSA) is 32.3 Å². The molecular weight excluding hydrogens is 222 g/mol. The van der Waals surface area contributed by atoms with Crippen molar-refractivity contribution < 1.29 is 5.11 Å². The van der Waals surface area contributed by atoms with Gasteiger partial charge in [-0.3, -0.25) is 0 Å². The summed E-state index contributed by atoms with van der Waals surface area (Å²) in [4.78, 5) is 0. The number of aliphatic hydroxyl groups excluding tert-OH is 1. The lowest BCUT2D eigenvalue weighted by Crippen LogP contribution is -2.29. The molecule has 0 radical (unpaired) electrons. The fourth-order valence-corrected chi connectivity index (χ4v) is 3.13. The molecule has 100 valence electrons. The van der Waals surface area contributed by atoms with E-state index in [1.807, 2.05) is 0 Å². The zero-order valence-electron chi connectivity index (χ0n) is 11.5. The number of rotatable bonds is 5. The minimum atomic E-state index is 0.352. The molecule has 0 saturated heterocycles. The highest BCUT2D eigenvalue weighted by Gasteiger charge is 2.26. The molecule has 3 atom stereocenters. The minimum Gasteiger partial charge on any atom is -0.396 e. The average Bonchev–Trinajstić information content (AvgIpc) is 2.84. The molecule has 1 saturated carbocycles. The largest absolute Gasteiger partial charge is 0.396 e. The molecule has 1 aromatic carbocycles. The molecule has 0 spiro atoms. The fraction of sp³-hybridized carbons (Fsp3) is 0.625. The molecule has 3 unspecified atom stereocenters. The first-order valence-corrected chi connectivity index (χ1v) is 7.12. The lowest BCUT2D eigenvalue weighted by atomic mass is 9.96. The normalized spacial score (nSPS) is 25.3. The van der Waals surface area contributed by atoms with Crippen LogP contribution in [0.15, 0.2) is 24.3 Å². The smallest absolute Gasteiger partial charge is 0.0462 e. The van der Waals surface area contributed by atoms with Crippen molar-refractivity contribution in [1.29, 1.82) is 0 Å². The van der Waals surface area contributed by atoms with Crippen LogP contribution in [0, 0.1) is 18.8 Å². The molecule has 18 heavy (non-hydrogen) atoms. The Morgan fingerprint density at radius 3 is 2.72 bits per heavy atom. The summed E-state index contributed by atoms with van der Waals surface area (Å²) in [6.45, 7) is 5.77. The number of hydrogen-bond donors (Lipinski definition) is 2. The molecule has 1 aliphatic carbocycles. The van der Waals surface area contributed by atoms with Crippen LogP contribution in [0.5, 0.6) is 0 Å². The van der Waals surface area contributed by atoms with Crippen LogP contribution in [0.4, 0.5) is 0 Å². The van der Waals surface area contributed by atoms with Crippen LogP contribution in [0.3, 0.4) is 0 Å². The molecule has 1 aliphatic rings. The van der Waals surface area contributed by atoms with Crippen LogP contribution < -0.4 is 5.32 Å². The molecule has 0 aliphatic heterocycles. The molecule has 0 heterocycles. The molecule has 1 fully saturated rings. The third-order valence-corrected chi connectivity index (χ3v) is 4.39. The van der Waals surface area contributed by atoms with Gasteiger partial charge in [-0.2, -0.15) is 0 Å². The summed E-state index contributed by atoms with van der Waals surface area (Å²) in [6.07, 6.45) is 3.73. The quantitative estimate of drug-likeness (QED) is 0.838. The van der Waals surface area contributed by atoms with Crippen molar-refractivity contribution in [3.8, 4) is 0 Å². The molecule has 0 bridgehead atoms. The highest BCUT2D eigenvalue weighted by Crippen LogP contribution is 2.31. The van der Waals surface area contributed by atoms with Gasteiger partial charge in [0.1, 0.15) is 0 Å². The Kier molecular flexibility index (Phi) is 4.79. The van der Waals surface area contributed by atoms with Gasteiger partial charge in [-0.15, -0.1) is 0 Å². The van der Waals surface area contributed by atoms with Crippen LogP contribution >= 0.6 is 0 Å². The van der Waals surface area contributed by atoms with Crippen molar-refractivity contribution in [3.63, 3.8) is 0 Å². The number of benzene rings is 1. The van der Waals surface area contributed by atoms with Crippen LogP contribution in [0.2, 0.25) is 0 Å². The van der Waals surface area contributed by atoms with Crippen LogP contribution in [0.1, 0.15) is 43.4 Å². The summed E-state index contributed by atoms with van der Waals surface area (Å²) >= 11 is 0. The van der Waals surface area contributed by atoms with E-state index in [1.165, 1.54) is 30.4 Å².